The molecule has 3 nitrogen and oxygen atoms in total. The van der Waals surface area contributed by atoms with Crippen LogP contribution in [0, 0.1) is 5.82 Å². The normalized spacial score (nSPS) is 12.6. The molecule has 0 heterocycles. The Morgan fingerprint density at radius 1 is 1.47 bits per heavy atom. The summed E-state index contributed by atoms with van der Waals surface area (Å²) in [6.07, 6.45) is 2.62. The zero-order chi connectivity index (χ0) is 12.5. The summed E-state index contributed by atoms with van der Waals surface area (Å²) in [7, 11) is 0. The third-order valence-electron chi connectivity index (χ3n) is 2.65. The van der Waals surface area contributed by atoms with Crippen LogP contribution in [0.25, 0.3) is 0 Å². The third kappa shape index (κ3) is 5.77. The van der Waals surface area contributed by atoms with E-state index < -0.39 is 0 Å². The maximum atomic E-state index is 13.0. The fraction of sp³-hybridized carbons (Fsp3) is 0.538. The van der Waals surface area contributed by atoms with Gasteiger partial charge in [-0.3, -0.25) is 11.3 Å². The van der Waals surface area contributed by atoms with Crippen molar-refractivity contribution in [1.82, 2.24) is 5.43 Å². The van der Waals surface area contributed by atoms with Crippen molar-refractivity contribution in [2.75, 3.05) is 13.2 Å². The van der Waals surface area contributed by atoms with Crippen molar-refractivity contribution in [2.45, 2.75) is 32.2 Å². The van der Waals surface area contributed by atoms with Gasteiger partial charge in [-0.25, -0.2) is 4.39 Å². The van der Waals surface area contributed by atoms with Gasteiger partial charge in [0.1, 0.15) is 5.82 Å². The van der Waals surface area contributed by atoms with E-state index >= 15 is 0 Å². The van der Waals surface area contributed by atoms with Gasteiger partial charge in [-0.1, -0.05) is 12.1 Å². The number of rotatable bonds is 8. The molecule has 1 aromatic carbocycles. The van der Waals surface area contributed by atoms with Crippen molar-refractivity contribution in [3.05, 3.63) is 35.6 Å². The van der Waals surface area contributed by atoms with Gasteiger partial charge in [0.05, 0.1) is 0 Å². The van der Waals surface area contributed by atoms with Crippen LogP contribution in [0.15, 0.2) is 24.3 Å². The molecular formula is C13H21FN2O. The number of hydrazine groups is 1. The highest BCUT2D eigenvalue weighted by Crippen LogP contribution is 2.09. The first-order valence-corrected chi connectivity index (χ1v) is 6.04. The van der Waals surface area contributed by atoms with E-state index in [9.17, 15) is 4.39 Å². The van der Waals surface area contributed by atoms with Crippen LogP contribution in [0.2, 0.25) is 0 Å². The van der Waals surface area contributed by atoms with Gasteiger partial charge in [-0.05, 0) is 43.9 Å². The van der Waals surface area contributed by atoms with Gasteiger partial charge in [0.25, 0.3) is 0 Å². The van der Waals surface area contributed by atoms with Gasteiger partial charge in [0.2, 0.25) is 0 Å². The molecule has 96 valence electrons. The van der Waals surface area contributed by atoms with E-state index in [1.165, 1.54) is 6.07 Å². The van der Waals surface area contributed by atoms with Crippen LogP contribution in [0.5, 0.6) is 0 Å². The zero-order valence-electron chi connectivity index (χ0n) is 10.3. The molecule has 0 aliphatic heterocycles. The highest BCUT2D eigenvalue weighted by atomic mass is 19.1. The Hall–Kier alpha value is -0.970. The highest BCUT2D eigenvalue weighted by Gasteiger charge is 2.07. The van der Waals surface area contributed by atoms with Crippen LogP contribution >= 0.6 is 0 Å². The summed E-state index contributed by atoms with van der Waals surface area (Å²) in [5, 5.41) is 0. The van der Waals surface area contributed by atoms with Crippen LogP contribution in [0.1, 0.15) is 25.3 Å². The maximum absolute atomic E-state index is 13.0. The van der Waals surface area contributed by atoms with Crippen molar-refractivity contribution in [1.29, 1.82) is 0 Å². The number of benzene rings is 1. The van der Waals surface area contributed by atoms with Crippen molar-refractivity contribution in [3.63, 3.8) is 0 Å². The van der Waals surface area contributed by atoms with Gasteiger partial charge >= 0.3 is 0 Å². The second-order valence-corrected chi connectivity index (χ2v) is 4.04. The summed E-state index contributed by atoms with van der Waals surface area (Å²) < 4.78 is 18.3. The quantitative estimate of drug-likeness (QED) is 0.415. The van der Waals surface area contributed by atoms with Crippen molar-refractivity contribution >= 4 is 0 Å². The maximum Gasteiger partial charge on any atom is 0.123 e. The zero-order valence-corrected chi connectivity index (χ0v) is 10.3. The molecule has 1 atom stereocenters. The number of hydrogen-bond acceptors (Lipinski definition) is 3. The van der Waals surface area contributed by atoms with Gasteiger partial charge in [0.15, 0.2) is 0 Å². The summed E-state index contributed by atoms with van der Waals surface area (Å²) >= 11 is 0. The largest absolute Gasteiger partial charge is 0.382 e. The van der Waals surface area contributed by atoms with Gasteiger partial charge in [-0.2, -0.15) is 0 Å². The van der Waals surface area contributed by atoms with Crippen molar-refractivity contribution in [3.8, 4) is 0 Å². The number of hydrogen-bond donors (Lipinski definition) is 2. The van der Waals surface area contributed by atoms with E-state index in [4.69, 9.17) is 10.6 Å². The molecule has 0 amide bonds. The van der Waals surface area contributed by atoms with E-state index in [0.717, 1.165) is 38.0 Å². The predicted octanol–water partition coefficient (Wildman–Crippen LogP) is 2.02. The molecule has 17 heavy (non-hydrogen) atoms. The highest BCUT2D eigenvalue weighted by molar-refractivity contribution is 5.17. The number of ether oxygens (including phenoxy) is 1. The lowest BCUT2D eigenvalue weighted by atomic mass is 10.0. The van der Waals surface area contributed by atoms with E-state index in [-0.39, 0.29) is 11.9 Å². The minimum atomic E-state index is -0.201. The second-order valence-electron chi connectivity index (χ2n) is 4.04. The SMILES string of the molecule is CCOCCCC(Cc1cccc(F)c1)NN. The van der Waals surface area contributed by atoms with E-state index in [2.05, 4.69) is 5.43 Å². The molecule has 1 unspecified atom stereocenters. The molecule has 0 aliphatic rings. The van der Waals surface area contributed by atoms with Crippen LogP contribution in [-0.4, -0.2) is 19.3 Å². The second kappa shape index (κ2) is 8.17. The molecule has 0 radical (unpaired) electrons. The molecule has 0 saturated carbocycles. The number of nitrogens with one attached hydrogen (secondary N) is 1. The lowest BCUT2D eigenvalue weighted by Crippen LogP contribution is -2.37. The molecule has 0 bridgehead atoms. The topological polar surface area (TPSA) is 47.3 Å². The molecule has 0 saturated heterocycles. The molecule has 0 fully saturated rings. The standard InChI is InChI=1S/C13H21FN2O/c1-2-17-8-4-7-13(16-15)10-11-5-3-6-12(14)9-11/h3,5-6,9,13,16H,2,4,7-8,10,15H2,1H3. The summed E-state index contributed by atoms with van der Waals surface area (Å²) in [6, 6.07) is 6.79. The van der Waals surface area contributed by atoms with Crippen LogP contribution in [-0.2, 0) is 11.2 Å². The van der Waals surface area contributed by atoms with E-state index in [1.54, 1.807) is 12.1 Å². The Bertz CT molecular complexity index is 320. The lowest BCUT2D eigenvalue weighted by Gasteiger charge is -2.15. The first kappa shape index (κ1) is 14.1. The Morgan fingerprint density at radius 2 is 2.29 bits per heavy atom. The molecule has 4 heteroatoms. The monoisotopic (exact) mass is 240 g/mol. The Kier molecular flexibility index (Phi) is 6.77. The summed E-state index contributed by atoms with van der Waals surface area (Å²) in [5.74, 6) is 5.29. The minimum Gasteiger partial charge on any atom is -0.382 e. The summed E-state index contributed by atoms with van der Waals surface area (Å²) in [6.45, 7) is 3.47. The Morgan fingerprint density at radius 3 is 2.94 bits per heavy atom. The van der Waals surface area contributed by atoms with Crippen molar-refractivity contribution < 1.29 is 9.13 Å². The molecule has 1 aromatic rings. The fourth-order valence-corrected chi connectivity index (χ4v) is 1.77. The molecule has 3 N–H and O–H groups in total. The Balaban J connectivity index is 2.35. The number of nitrogens with two attached hydrogens (primary N) is 1. The van der Waals surface area contributed by atoms with E-state index in [1.807, 2.05) is 13.0 Å². The fourth-order valence-electron chi connectivity index (χ4n) is 1.77. The molecular weight excluding hydrogens is 219 g/mol. The first-order valence-electron chi connectivity index (χ1n) is 6.04. The molecule has 0 spiro atoms. The summed E-state index contributed by atoms with van der Waals surface area (Å²) in [5.41, 5.74) is 3.73. The first-order chi connectivity index (χ1) is 8.26. The average molecular weight is 240 g/mol. The van der Waals surface area contributed by atoms with E-state index in [0.29, 0.717) is 0 Å². The van der Waals surface area contributed by atoms with Gasteiger partial charge in [-0.15, -0.1) is 0 Å². The lowest BCUT2D eigenvalue weighted by molar-refractivity contribution is 0.140. The van der Waals surface area contributed by atoms with Crippen LogP contribution in [0.3, 0.4) is 0 Å². The average Bonchev–Trinajstić information content (AvgIpc) is 2.33. The van der Waals surface area contributed by atoms with Gasteiger partial charge in [0, 0.05) is 19.3 Å². The predicted molar refractivity (Wildman–Crippen MR) is 66.9 cm³/mol. The Labute approximate surface area is 102 Å². The van der Waals surface area contributed by atoms with Crippen LogP contribution < -0.4 is 11.3 Å². The minimum absolute atomic E-state index is 0.164. The molecule has 0 aromatic heterocycles. The smallest absolute Gasteiger partial charge is 0.123 e. The summed E-state index contributed by atoms with van der Waals surface area (Å²) in [4.78, 5) is 0. The molecule has 0 aliphatic carbocycles. The molecule has 1 rings (SSSR count). The third-order valence-corrected chi connectivity index (χ3v) is 2.65. The van der Waals surface area contributed by atoms with Crippen molar-refractivity contribution in [2.24, 2.45) is 5.84 Å². The van der Waals surface area contributed by atoms with Gasteiger partial charge < -0.3 is 4.74 Å². The van der Waals surface area contributed by atoms with Crippen LogP contribution in [0.4, 0.5) is 4.39 Å². The number of halogens is 1.